The molecule has 25 heavy (non-hydrogen) atoms. The molecule has 1 amide bonds. The molecule has 1 atom stereocenters. The van der Waals surface area contributed by atoms with Crippen LogP contribution < -0.4 is 0 Å². The van der Waals surface area contributed by atoms with Crippen LogP contribution in [0.15, 0.2) is 34.9 Å². The summed E-state index contributed by atoms with van der Waals surface area (Å²) < 4.78 is 10.8. The van der Waals surface area contributed by atoms with Crippen LogP contribution in [-0.4, -0.2) is 52.7 Å². The molecule has 1 saturated heterocycles. The number of rotatable bonds is 5. The number of amides is 1. The monoisotopic (exact) mass is 364 g/mol. The maximum Gasteiger partial charge on any atom is 0.328 e. The Kier molecular flexibility index (Phi) is 5.35. The quantitative estimate of drug-likeness (QED) is 0.874. The molecular weight excluding hydrogens is 348 g/mol. The van der Waals surface area contributed by atoms with Crippen molar-refractivity contribution in [1.29, 1.82) is 0 Å². The first-order valence-corrected chi connectivity index (χ1v) is 8.23. The lowest BCUT2D eigenvalue weighted by molar-refractivity contribution is -0.158. The molecule has 1 aliphatic rings. The molecule has 0 spiro atoms. The number of oxazole rings is 1. The van der Waals surface area contributed by atoms with Crippen molar-refractivity contribution < 1.29 is 23.8 Å². The van der Waals surface area contributed by atoms with Gasteiger partial charge in [0.25, 0.3) is 0 Å². The van der Waals surface area contributed by atoms with Gasteiger partial charge < -0.3 is 19.2 Å². The van der Waals surface area contributed by atoms with Crippen molar-refractivity contribution in [3.63, 3.8) is 0 Å². The zero-order chi connectivity index (χ0) is 17.8. The standard InChI is InChI=1S/C17H17ClN2O5/c18-12-4-2-1-3-11(12)14-9-19-15(25-14)5-6-16(21)20-7-8-24-10-13(20)17(22)23/h1-4,9,13H,5-8,10H2,(H,22,23). The Morgan fingerprint density at radius 3 is 2.92 bits per heavy atom. The third-order valence-electron chi connectivity index (χ3n) is 3.98. The van der Waals surface area contributed by atoms with E-state index in [1.165, 1.54) is 4.90 Å². The number of aromatic nitrogens is 1. The number of carbonyl (C=O) groups is 2. The second-order valence-electron chi connectivity index (χ2n) is 5.61. The summed E-state index contributed by atoms with van der Waals surface area (Å²) in [6, 6.07) is 6.31. The summed E-state index contributed by atoms with van der Waals surface area (Å²) in [6.45, 7) is 0.619. The number of halogens is 1. The fourth-order valence-electron chi connectivity index (χ4n) is 2.68. The number of morpholine rings is 1. The highest BCUT2D eigenvalue weighted by Gasteiger charge is 2.32. The predicted octanol–water partition coefficient (Wildman–Crippen LogP) is 2.24. The van der Waals surface area contributed by atoms with Crippen LogP contribution in [0.4, 0.5) is 0 Å². The largest absolute Gasteiger partial charge is 0.480 e. The summed E-state index contributed by atoms with van der Waals surface area (Å²) in [5, 5.41) is 9.74. The summed E-state index contributed by atoms with van der Waals surface area (Å²) in [5.41, 5.74) is 0.730. The Labute approximate surface area is 149 Å². The number of carbonyl (C=O) groups excluding carboxylic acids is 1. The number of benzene rings is 1. The van der Waals surface area contributed by atoms with Crippen LogP contribution >= 0.6 is 11.6 Å². The normalized spacial score (nSPS) is 17.5. The van der Waals surface area contributed by atoms with Gasteiger partial charge in [-0.2, -0.15) is 0 Å². The summed E-state index contributed by atoms with van der Waals surface area (Å²) in [5.74, 6) is -0.385. The van der Waals surface area contributed by atoms with Crippen molar-refractivity contribution in [2.45, 2.75) is 18.9 Å². The van der Waals surface area contributed by atoms with E-state index in [0.717, 1.165) is 5.56 Å². The first kappa shape index (κ1) is 17.4. The third-order valence-corrected chi connectivity index (χ3v) is 4.31. The van der Waals surface area contributed by atoms with Crippen LogP contribution in [0.1, 0.15) is 12.3 Å². The van der Waals surface area contributed by atoms with Gasteiger partial charge in [-0.3, -0.25) is 4.79 Å². The predicted molar refractivity (Wildman–Crippen MR) is 89.2 cm³/mol. The average molecular weight is 365 g/mol. The first-order chi connectivity index (χ1) is 12.1. The Morgan fingerprint density at radius 2 is 2.16 bits per heavy atom. The van der Waals surface area contributed by atoms with E-state index in [0.29, 0.717) is 23.3 Å². The van der Waals surface area contributed by atoms with Crippen molar-refractivity contribution in [3.05, 3.63) is 41.4 Å². The van der Waals surface area contributed by atoms with E-state index in [-0.39, 0.29) is 31.9 Å². The van der Waals surface area contributed by atoms with Gasteiger partial charge in [0.1, 0.15) is 0 Å². The zero-order valence-electron chi connectivity index (χ0n) is 13.4. The number of aliphatic carboxylic acids is 1. The van der Waals surface area contributed by atoms with Gasteiger partial charge in [-0.05, 0) is 12.1 Å². The van der Waals surface area contributed by atoms with Crippen LogP contribution in [0.3, 0.4) is 0 Å². The molecule has 1 fully saturated rings. The van der Waals surface area contributed by atoms with E-state index < -0.39 is 12.0 Å². The maximum absolute atomic E-state index is 12.3. The first-order valence-electron chi connectivity index (χ1n) is 7.86. The van der Waals surface area contributed by atoms with Crippen molar-refractivity contribution in [2.75, 3.05) is 19.8 Å². The molecule has 1 aromatic carbocycles. The fourth-order valence-corrected chi connectivity index (χ4v) is 2.90. The number of ether oxygens (including phenoxy) is 1. The minimum atomic E-state index is -1.06. The molecule has 1 aromatic heterocycles. The lowest BCUT2D eigenvalue weighted by atomic mass is 10.2. The Hall–Kier alpha value is -2.38. The second kappa shape index (κ2) is 7.67. The zero-order valence-corrected chi connectivity index (χ0v) is 14.1. The molecule has 2 heterocycles. The van der Waals surface area contributed by atoms with Gasteiger partial charge in [0.2, 0.25) is 5.91 Å². The summed E-state index contributed by atoms with van der Waals surface area (Å²) >= 11 is 6.13. The molecular formula is C17H17ClN2O5. The maximum atomic E-state index is 12.3. The molecule has 8 heteroatoms. The van der Waals surface area contributed by atoms with Crippen LogP contribution in [0.5, 0.6) is 0 Å². The minimum Gasteiger partial charge on any atom is -0.480 e. The van der Waals surface area contributed by atoms with Gasteiger partial charge in [-0.1, -0.05) is 23.7 Å². The minimum absolute atomic E-state index is 0.0106. The van der Waals surface area contributed by atoms with Gasteiger partial charge in [-0.15, -0.1) is 0 Å². The van der Waals surface area contributed by atoms with Crippen LogP contribution in [0, 0.1) is 0 Å². The summed E-state index contributed by atoms with van der Waals surface area (Å²) in [7, 11) is 0. The smallest absolute Gasteiger partial charge is 0.328 e. The van der Waals surface area contributed by atoms with Crippen molar-refractivity contribution in [1.82, 2.24) is 9.88 Å². The van der Waals surface area contributed by atoms with Crippen molar-refractivity contribution >= 4 is 23.5 Å². The number of nitrogens with zero attached hydrogens (tertiary/aromatic N) is 2. The molecule has 7 nitrogen and oxygen atoms in total. The summed E-state index contributed by atoms with van der Waals surface area (Å²) in [4.78, 5) is 29.1. The average Bonchev–Trinajstić information content (AvgIpc) is 3.08. The van der Waals surface area contributed by atoms with E-state index in [1.807, 2.05) is 18.2 Å². The van der Waals surface area contributed by atoms with E-state index in [9.17, 15) is 14.7 Å². The van der Waals surface area contributed by atoms with E-state index >= 15 is 0 Å². The topological polar surface area (TPSA) is 92.9 Å². The van der Waals surface area contributed by atoms with Crippen LogP contribution in [0.25, 0.3) is 11.3 Å². The van der Waals surface area contributed by atoms with Crippen LogP contribution in [-0.2, 0) is 20.7 Å². The highest BCUT2D eigenvalue weighted by atomic mass is 35.5. The lowest BCUT2D eigenvalue weighted by Crippen LogP contribution is -2.52. The van der Waals surface area contributed by atoms with Crippen LogP contribution in [0.2, 0.25) is 5.02 Å². The number of hydrogen-bond acceptors (Lipinski definition) is 5. The Bertz CT molecular complexity index is 776. The molecule has 132 valence electrons. The van der Waals surface area contributed by atoms with Crippen molar-refractivity contribution in [2.24, 2.45) is 0 Å². The number of carboxylic acid groups (broad SMARTS) is 1. The molecule has 0 bridgehead atoms. The molecule has 2 aromatic rings. The number of hydrogen-bond donors (Lipinski definition) is 1. The van der Waals surface area contributed by atoms with E-state index in [1.54, 1.807) is 12.3 Å². The van der Waals surface area contributed by atoms with E-state index in [2.05, 4.69) is 4.98 Å². The van der Waals surface area contributed by atoms with Gasteiger partial charge in [0, 0.05) is 24.9 Å². The fraction of sp³-hybridized carbons (Fsp3) is 0.353. The van der Waals surface area contributed by atoms with Gasteiger partial charge in [-0.25, -0.2) is 9.78 Å². The highest BCUT2D eigenvalue weighted by molar-refractivity contribution is 6.33. The number of aryl methyl sites for hydroxylation is 1. The Morgan fingerprint density at radius 1 is 1.36 bits per heavy atom. The lowest BCUT2D eigenvalue weighted by Gasteiger charge is -2.32. The Balaban J connectivity index is 1.63. The van der Waals surface area contributed by atoms with Gasteiger partial charge in [0.05, 0.1) is 24.4 Å². The SMILES string of the molecule is O=C(O)C1COCCN1C(=O)CCc1ncc(-c2ccccc2Cl)o1. The molecule has 1 aliphatic heterocycles. The molecule has 1 N–H and O–H groups in total. The molecule has 0 saturated carbocycles. The second-order valence-corrected chi connectivity index (χ2v) is 6.02. The highest BCUT2D eigenvalue weighted by Crippen LogP contribution is 2.28. The molecule has 1 unspecified atom stereocenters. The molecule has 0 radical (unpaired) electrons. The van der Waals surface area contributed by atoms with E-state index in [4.69, 9.17) is 20.8 Å². The van der Waals surface area contributed by atoms with Gasteiger partial charge in [0.15, 0.2) is 17.7 Å². The third kappa shape index (κ3) is 4.00. The molecule has 3 rings (SSSR count). The van der Waals surface area contributed by atoms with Crippen molar-refractivity contribution in [3.8, 4) is 11.3 Å². The molecule has 0 aliphatic carbocycles. The van der Waals surface area contributed by atoms with Gasteiger partial charge >= 0.3 is 5.97 Å². The number of carboxylic acids is 1. The summed E-state index contributed by atoms with van der Waals surface area (Å²) in [6.07, 6.45) is 1.97.